The number of furan rings is 1. The molecule has 0 aliphatic heterocycles. The summed E-state index contributed by atoms with van der Waals surface area (Å²) < 4.78 is 5.22. The van der Waals surface area contributed by atoms with Crippen LogP contribution in [0.5, 0.6) is 0 Å². The molecule has 1 aromatic rings. The van der Waals surface area contributed by atoms with E-state index in [1.807, 2.05) is 0 Å². The van der Waals surface area contributed by atoms with E-state index in [9.17, 15) is 4.79 Å². The van der Waals surface area contributed by atoms with Gasteiger partial charge in [0.1, 0.15) is 12.0 Å². The van der Waals surface area contributed by atoms with Gasteiger partial charge in [-0.2, -0.15) is 0 Å². The van der Waals surface area contributed by atoms with Gasteiger partial charge >= 0.3 is 0 Å². The molecule has 2 rings (SSSR count). The Morgan fingerprint density at radius 1 is 1.57 bits per heavy atom. The summed E-state index contributed by atoms with van der Waals surface area (Å²) in [6.07, 6.45) is 6.23. The van der Waals surface area contributed by atoms with E-state index in [1.165, 1.54) is 19.1 Å². The molecule has 1 saturated carbocycles. The fourth-order valence-corrected chi connectivity index (χ4v) is 3.31. The summed E-state index contributed by atoms with van der Waals surface area (Å²) >= 11 is 0. The molecule has 1 aliphatic carbocycles. The zero-order valence-electron chi connectivity index (χ0n) is 13.3. The Bertz CT molecular complexity index is 484. The highest BCUT2D eigenvalue weighted by Gasteiger charge is 2.37. The van der Waals surface area contributed by atoms with Gasteiger partial charge in [0.2, 0.25) is 0 Å². The van der Waals surface area contributed by atoms with Gasteiger partial charge in [-0.25, -0.2) is 0 Å². The third-order valence-corrected chi connectivity index (χ3v) is 4.71. The third-order valence-electron chi connectivity index (χ3n) is 4.71. The molecule has 5 heteroatoms. The fourth-order valence-electron chi connectivity index (χ4n) is 3.31. The molecule has 1 heterocycles. The average molecular weight is 293 g/mol. The summed E-state index contributed by atoms with van der Waals surface area (Å²) in [6, 6.07) is 1.71. The highest BCUT2D eigenvalue weighted by Crippen LogP contribution is 2.35. The SMILES string of the molecule is CC1CCCC(CNC(=O)c2coc(CN)c2)(N(C)C)C1. The molecule has 0 bridgehead atoms. The first-order valence-electron chi connectivity index (χ1n) is 7.70. The van der Waals surface area contributed by atoms with Gasteiger partial charge in [0, 0.05) is 12.1 Å². The van der Waals surface area contributed by atoms with Crippen LogP contribution >= 0.6 is 0 Å². The first kappa shape index (κ1) is 16.0. The van der Waals surface area contributed by atoms with Crippen molar-refractivity contribution < 1.29 is 9.21 Å². The number of nitrogens with two attached hydrogens (primary N) is 1. The van der Waals surface area contributed by atoms with Gasteiger partial charge in [-0.05, 0) is 38.9 Å². The van der Waals surface area contributed by atoms with Crippen molar-refractivity contribution in [2.75, 3.05) is 20.6 Å². The number of hydrogen-bond acceptors (Lipinski definition) is 4. The van der Waals surface area contributed by atoms with Gasteiger partial charge in [-0.15, -0.1) is 0 Å². The summed E-state index contributed by atoms with van der Waals surface area (Å²) in [5.74, 6) is 1.25. The summed E-state index contributed by atoms with van der Waals surface area (Å²) in [5, 5.41) is 3.07. The van der Waals surface area contributed by atoms with Gasteiger partial charge in [0.05, 0.1) is 12.1 Å². The highest BCUT2D eigenvalue weighted by molar-refractivity contribution is 5.94. The number of carbonyl (C=O) groups is 1. The van der Waals surface area contributed by atoms with E-state index >= 15 is 0 Å². The van der Waals surface area contributed by atoms with Crippen molar-refractivity contribution in [3.05, 3.63) is 23.7 Å². The molecule has 1 aromatic heterocycles. The summed E-state index contributed by atoms with van der Waals surface area (Å²) in [7, 11) is 4.21. The first-order chi connectivity index (χ1) is 9.97. The van der Waals surface area contributed by atoms with Crippen LogP contribution in [0.4, 0.5) is 0 Å². The van der Waals surface area contributed by atoms with Crippen LogP contribution in [0.2, 0.25) is 0 Å². The van der Waals surface area contributed by atoms with Crippen molar-refractivity contribution >= 4 is 5.91 Å². The number of hydrogen-bond donors (Lipinski definition) is 2. The van der Waals surface area contributed by atoms with Gasteiger partial charge in [-0.1, -0.05) is 19.8 Å². The molecular formula is C16H27N3O2. The minimum Gasteiger partial charge on any atom is -0.467 e. The summed E-state index contributed by atoms with van der Waals surface area (Å²) in [5.41, 5.74) is 6.11. The number of carbonyl (C=O) groups excluding carboxylic acids is 1. The maximum absolute atomic E-state index is 12.2. The zero-order chi connectivity index (χ0) is 15.5. The quantitative estimate of drug-likeness (QED) is 0.871. The second-order valence-corrected chi connectivity index (χ2v) is 6.51. The van der Waals surface area contributed by atoms with E-state index in [4.69, 9.17) is 10.2 Å². The minimum atomic E-state index is -0.0853. The molecule has 0 radical (unpaired) electrons. The zero-order valence-corrected chi connectivity index (χ0v) is 13.3. The van der Waals surface area contributed by atoms with Gasteiger partial charge in [-0.3, -0.25) is 4.79 Å². The maximum atomic E-state index is 12.2. The Morgan fingerprint density at radius 2 is 2.33 bits per heavy atom. The third kappa shape index (κ3) is 3.66. The van der Waals surface area contributed by atoms with Gasteiger partial charge in [0.25, 0.3) is 5.91 Å². The molecule has 0 aromatic carbocycles. The van der Waals surface area contributed by atoms with Gasteiger partial charge in [0.15, 0.2) is 0 Å². The average Bonchev–Trinajstić information content (AvgIpc) is 2.93. The molecular weight excluding hydrogens is 266 g/mol. The lowest BCUT2D eigenvalue weighted by Gasteiger charge is -2.45. The van der Waals surface area contributed by atoms with Crippen molar-refractivity contribution in [3.8, 4) is 0 Å². The highest BCUT2D eigenvalue weighted by atomic mass is 16.3. The molecule has 2 atom stereocenters. The molecule has 1 fully saturated rings. The second kappa shape index (κ2) is 6.62. The largest absolute Gasteiger partial charge is 0.467 e. The lowest BCUT2D eigenvalue weighted by Crippen LogP contribution is -2.55. The fraction of sp³-hybridized carbons (Fsp3) is 0.688. The van der Waals surface area contributed by atoms with Crippen LogP contribution in [-0.2, 0) is 6.54 Å². The number of nitrogens with one attached hydrogen (secondary N) is 1. The molecule has 0 spiro atoms. The lowest BCUT2D eigenvalue weighted by atomic mass is 9.75. The van der Waals surface area contributed by atoms with Crippen LogP contribution in [-0.4, -0.2) is 37.0 Å². The predicted octanol–water partition coefficient (Wildman–Crippen LogP) is 1.98. The second-order valence-electron chi connectivity index (χ2n) is 6.51. The molecule has 1 amide bonds. The van der Waals surface area contributed by atoms with E-state index in [-0.39, 0.29) is 11.4 Å². The molecule has 21 heavy (non-hydrogen) atoms. The van der Waals surface area contributed by atoms with Crippen LogP contribution in [0.3, 0.4) is 0 Å². The lowest BCUT2D eigenvalue weighted by molar-refractivity contribution is 0.0675. The van der Waals surface area contributed by atoms with Crippen molar-refractivity contribution in [2.24, 2.45) is 11.7 Å². The number of amides is 1. The first-order valence-corrected chi connectivity index (χ1v) is 7.70. The molecule has 1 aliphatic rings. The van der Waals surface area contributed by atoms with Crippen LogP contribution < -0.4 is 11.1 Å². The van der Waals surface area contributed by atoms with Crippen molar-refractivity contribution in [2.45, 2.75) is 44.7 Å². The Morgan fingerprint density at radius 3 is 2.90 bits per heavy atom. The van der Waals surface area contributed by atoms with E-state index in [0.29, 0.717) is 30.3 Å². The smallest absolute Gasteiger partial charge is 0.254 e. The van der Waals surface area contributed by atoms with Crippen LogP contribution in [0, 0.1) is 5.92 Å². The van der Waals surface area contributed by atoms with Crippen LogP contribution in [0.15, 0.2) is 16.7 Å². The predicted molar refractivity (Wildman–Crippen MR) is 83.0 cm³/mol. The van der Waals surface area contributed by atoms with E-state index in [1.54, 1.807) is 6.07 Å². The number of rotatable bonds is 5. The molecule has 3 N–H and O–H groups in total. The monoisotopic (exact) mass is 293 g/mol. The Balaban J connectivity index is 2.00. The van der Waals surface area contributed by atoms with E-state index in [2.05, 4.69) is 31.2 Å². The Hall–Kier alpha value is -1.33. The van der Waals surface area contributed by atoms with Crippen molar-refractivity contribution in [3.63, 3.8) is 0 Å². The normalized spacial score (nSPS) is 26.0. The van der Waals surface area contributed by atoms with E-state index in [0.717, 1.165) is 12.8 Å². The molecule has 5 nitrogen and oxygen atoms in total. The van der Waals surface area contributed by atoms with Crippen LogP contribution in [0.25, 0.3) is 0 Å². The standard InChI is InChI=1S/C16H27N3O2/c1-12-5-4-6-16(8-12,19(2)3)11-18-15(20)13-7-14(9-17)21-10-13/h7,10,12H,4-6,8-9,11,17H2,1-3H3,(H,18,20). The number of nitrogens with zero attached hydrogens (tertiary/aromatic N) is 1. The van der Waals surface area contributed by atoms with Crippen molar-refractivity contribution in [1.29, 1.82) is 0 Å². The molecule has 0 saturated heterocycles. The Kier molecular flexibility index (Phi) is 5.06. The summed E-state index contributed by atoms with van der Waals surface area (Å²) in [6.45, 7) is 3.28. The van der Waals surface area contributed by atoms with Gasteiger partial charge < -0.3 is 20.4 Å². The number of likely N-dealkylation sites (N-methyl/N-ethyl adjacent to an activating group) is 1. The topological polar surface area (TPSA) is 71.5 Å². The molecule has 118 valence electrons. The van der Waals surface area contributed by atoms with E-state index < -0.39 is 0 Å². The maximum Gasteiger partial charge on any atom is 0.254 e. The minimum absolute atomic E-state index is 0.0633. The summed E-state index contributed by atoms with van der Waals surface area (Å²) in [4.78, 5) is 14.5. The Labute approximate surface area is 126 Å². The van der Waals surface area contributed by atoms with Crippen molar-refractivity contribution in [1.82, 2.24) is 10.2 Å². The molecule has 2 unspecified atom stereocenters. The van der Waals surface area contributed by atoms with Crippen LogP contribution in [0.1, 0.15) is 48.7 Å².